The van der Waals surface area contributed by atoms with Crippen LogP contribution in [0.3, 0.4) is 0 Å². The van der Waals surface area contributed by atoms with Crippen molar-refractivity contribution in [1.82, 2.24) is 0 Å². The van der Waals surface area contributed by atoms with E-state index in [1.54, 1.807) is 0 Å². The van der Waals surface area contributed by atoms with Crippen LogP contribution in [0.2, 0.25) is 0 Å². The molecule has 0 aromatic carbocycles. The van der Waals surface area contributed by atoms with Crippen LogP contribution in [-0.4, -0.2) is 29.2 Å². The van der Waals surface area contributed by atoms with Gasteiger partial charge in [-0.3, -0.25) is 4.79 Å². The van der Waals surface area contributed by atoms with E-state index in [0.29, 0.717) is 18.9 Å². The number of Topliss-reactive ketones (excluding diaryl/α,β-unsaturated/α-hetero) is 1. The second kappa shape index (κ2) is 4.03. The van der Waals surface area contributed by atoms with Crippen LogP contribution in [0.1, 0.15) is 33.6 Å². The van der Waals surface area contributed by atoms with Crippen molar-refractivity contribution in [2.75, 3.05) is 6.61 Å². The Kier molecular flexibility index (Phi) is 2.77. The molecule has 3 nitrogen and oxygen atoms in total. The molecule has 0 aromatic heterocycles. The van der Waals surface area contributed by atoms with E-state index < -0.39 is 17.1 Å². The van der Waals surface area contributed by atoms with Crippen LogP contribution in [0, 0.1) is 17.3 Å². The Bertz CT molecular complexity index is 478. The first-order valence-electron chi connectivity index (χ1n) is 7.15. The number of aliphatic hydroxyl groups is 1. The Morgan fingerprint density at radius 1 is 1.42 bits per heavy atom. The van der Waals surface area contributed by atoms with E-state index in [9.17, 15) is 9.90 Å². The first-order valence-corrected chi connectivity index (χ1v) is 7.15. The predicted molar refractivity (Wildman–Crippen MR) is 72.6 cm³/mol. The summed E-state index contributed by atoms with van der Waals surface area (Å²) in [5.41, 5.74) is -0.137. The Morgan fingerprint density at radius 2 is 2.16 bits per heavy atom. The van der Waals surface area contributed by atoms with E-state index in [0.717, 1.165) is 12.0 Å². The topological polar surface area (TPSA) is 46.5 Å². The molecule has 1 fully saturated rings. The summed E-state index contributed by atoms with van der Waals surface area (Å²) in [7, 11) is 0. The quantitative estimate of drug-likeness (QED) is 0.728. The molecule has 0 bridgehead atoms. The van der Waals surface area contributed by atoms with Gasteiger partial charge in [-0.05, 0) is 31.8 Å². The minimum Gasteiger partial charge on any atom is -0.392 e. The average molecular weight is 262 g/mol. The summed E-state index contributed by atoms with van der Waals surface area (Å²) in [6.07, 6.45) is 6.96. The highest BCUT2D eigenvalue weighted by atomic mass is 16.5. The fourth-order valence-corrected chi connectivity index (χ4v) is 4.12. The standard InChI is InChI=1S/C16H22O3/c1-10-8-11-4-6-15(2)16(3,13(18)5-7-19-15)14(11)12(17)9-10/h4,6,8,10,12,14,17H,5,7,9H2,1-3H3/t10-,12+,14-,15-,16-/m1/s1. The second-order valence-electron chi connectivity index (χ2n) is 6.59. The van der Waals surface area contributed by atoms with Crippen LogP contribution < -0.4 is 0 Å². The number of rotatable bonds is 0. The third kappa shape index (κ3) is 1.61. The van der Waals surface area contributed by atoms with Gasteiger partial charge in [0.05, 0.1) is 23.7 Å². The number of hydrogen-bond donors (Lipinski definition) is 1. The smallest absolute Gasteiger partial charge is 0.144 e. The maximum Gasteiger partial charge on any atom is 0.144 e. The molecule has 2 aliphatic carbocycles. The molecular formula is C16H22O3. The SMILES string of the molecule is C[C@@H]1C=C2C=C[C@@]3(C)OCCC(=O)[C@]3(C)[C@H]2[C@@H](O)C1. The van der Waals surface area contributed by atoms with Gasteiger partial charge in [0.1, 0.15) is 5.78 Å². The van der Waals surface area contributed by atoms with Gasteiger partial charge < -0.3 is 9.84 Å². The van der Waals surface area contributed by atoms with Crippen molar-refractivity contribution in [1.29, 1.82) is 0 Å². The minimum absolute atomic E-state index is 0.133. The molecule has 3 heteroatoms. The third-order valence-electron chi connectivity index (χ3n) is 5.39. The molecule has 0 radical (unpaired) electrons. The van der Waals surface area contributed by atoms with Crippen LogP contribution in [0.25, 0.3) is 0 Å². The van der Waals surface area contributed by atoms with Gasteiger partial charge in [-0.25, -0.2) is 0 Å². The summed E-state index contributed by atoms with van der Waals surface area (Å²) in [6.45, 7) is 6.53. The molecular weight excluding hydrogens is 240 g/mol. The molecule has 19 heavy (non-hydrogen) atoms. The Labute approximate surface area is 114 Å². The van der Waals surface area contributed by atoms with Gasteiger partial charge in [0, 0.05) is 12.3 Å². The van der Waals surface area contributed by atoms with E-state index in [1.807, 2.05) is 26.0 Å². The number of aliphatic hydroxyl groups excluding tert-OH is 1. The number of ketones is 1. The van der Waals surface area contributed by atoms with Crippen LogP contribution >= 0.6 is 0 Å². The first kappa shape index (κ1) is 13.1. The second-order valence-corrected chi connectivity index (χ2v) is 6.59. The number of ether oxygens (including phenoxy) is 1. The zero-order valence-electron chi connectivity index (χ0n) is 11.8. The lowest BCUT2D eigenvalue weighted by atomic mass is 9.53. The van der Waals surface area contributed by atoms with Crippen molar-refractivity contribution in [3.05, 3.63) is 23.8 Å². The Hall–Kier alpha value is -0.930. The molecule has 104 valence electrons. The van der Waals surface area contributed by atoms with Crippen molar-refractivity contribution in [3.8, 4) is 0 Å². The fourth-order valence-electron chi connectivity index (χ4n) is 4.12. The molecule has 0 aromatic rings. The van der Waals surface area contributed by atoms with Crippen LogP contribution in [0.5, 0.6) is 0 Å². The summed E-state index contributed by atoms with van der Waals surface area (Å²) in [5, 5.41) is 10.5. The van der Waals surface area contributed by atoms with Crippen molar-refractivity contribution < 1.29 is 14.6 Å². The first-order chi connectivity index (χ1) is 8.88. The van der Waals surface area contributed by atoms with E-state index in [4.69, 9.17) is 4.74 Å². The number of fused-ring (bicyclic) bond motifs is 3. The van der Waals surface area contributed by atoms with Gasteiger partial charge >= 0.3 is 0 Å². The molecule has 0 saturated carbocycles. The molecule has 5 atom stereocenters. The van der Waals surface area contributed by atoms with Crippen molar-refractivity contribution >= 4 is 5.78 Å². The van der Waals surface area contributed by atoms with Crippen LogP contribution in [0.15, 0.2) is 23.8 Å². The summed E-state index contributed by atoms with van der Waals surface area (Å²) < 4.78 is 5.92. The molecule has 0 spiro atoms. The lowest BCUT2D eigenvalue weighted by Gasteiger charge is -2.55. The van der Waals surface area contributed by atoms with Crippen LogP contribution in [0.4, 0.5) is 0 Å². The molecule has 3 rings (SSSR count). The number of hydrogen-bond acceptors (Lipinski definition) is 3. The minimum atomic E-state index is -0.647. The Balaban J connectivity index is 2.16. The number of carbonyl (C=O) groups excluding carboxylic acids is 1. The van der Waals surface area contributed by atoms with Crippen molar-refractivity contribution in [3.63, 3.8) is 0 Å². The Morgan fingerprint density at radius 3 is 2.89 bits per heavy atom. The zero-order valence-corrected chi connectivity index (χ0v) is 11.8. The van der Waals surface area contributed by atoms with E-state index >= 15 is 0 Å². The molecule has 1 N–H and O–H groups in total. The van der Waals surface area contributed by atoms with E-state index in [2.05, 4.69) is 13.0 Å². The maximum atomic E-state index is 12.6. The largest absolute Gasteiger partial charge is 0.392 e. The van der Waals surface area contributed by atoms with Gasteiger partial charge in [0.15, 0.2) is 0 Å². The van der Waals surface area contributed by atoms with Crippen LogP contribution in [-0.2, 0) is 9.53 Å². The van der Waals surface area contributed by atoms with Gasteiger partial charge in [0.2, 0.25) is 0 Å². The predicted octanol–water partition coefficient (Wildman–Crippen LogP) is 2.25. The maximum absolute atomic E-state index is 12.6. The molecule has 1 saturated heterocycles. The molecule has 1 aliphatic heterocycles. The van der Waals surface area contributed by atoms with Gasteiger partial charge in [0.25, 0.3) is 0 Å². The van der Waals surface area contributed by atoms with Gasteiger partial charge in [-0.15, -0.1) is 0 Å². The summed E-state index contributed by atoms with van der Waals surface area (Å²) in [5.74, 6) is 0.445. The number of allylic oxidation sites excluding steroid dienone is 2. The summed E-state index contributed by atoms with van der Waals surface area (Å²) >= 11 is 0. The highest BCUT2D eigenvalue weighted by Gasteiger charge is 2.60. The molecule has 0 amide bonds. The molecule has 0 unspecified atom stereocenters. The molecule has 3 aliphatic rings. The lowest BCUT2D eigenvalue weighted by molar-refractivity contribution is -0.178. The van der Waals surface area contributed by atoms with E-state index in [-0.39, 0.29) is 11.7 Å². The monoisotopic (exact) mass is 262 g/mol. The molecule has 1 heterocycles. The van der Waals surface area contributed by atoms with Crippen molar-refractivity contribution in [2.24, 2.45) is 17.3 Å². The summed E-state index contributed by atoms with van der Waals surface area (Å²) in [4.78, 5) is 12.6. The lowest BCUT2D eigenvalue weighted by Crippen LogP contribution is -2.62. The third-order valence-corrected chi connectivity index (χ3v) is 5.39. The fraction of sp³-hybridized carbons (Fsp3) is 0.688. The van der Waals surface area contributed by atoms with Gasteiger partial charge in [-0.2, -0.15) is 0 Å². The van der Waals surface area contributed by atoms with E-state index in [1.165, 1.54) is 0 Å². The zero-order chi connectivity index (χ0) is 13.8. The average Bonchev–Trinajstić information content (AvgIpc) is 2.32. The summed E-state index contributed by atoms with van der Waals surface area (Å²) in [6, 6.07) is 0. The van der Waals surface area contributed by atoms with Gasteiger partial charge in [-0.1, -0.05) is 25.2 Å². The van der Waals surface area contributed by atoms with Crippen molar-refractivity contribution in [2.45, 2.75) is 45.3 Å². The highest BCUT2D eigenvalue weighted by Crippen LogP contribution is 2.55. The number of carbonyl (C=O) groups is 1. The highest BCUT2D eigenvalue weighted by molar-refractivity contribution is 5.88. The normalized spacial score (nSPS) is 49.4.